The SMILES string of the molecule is CC(C)CO[C@@H]1CC[C@@H](O)[C@@H](C)O1. The van der Waals surface area contributed by atoms with Crippen LogP contribution in [-0.2, 0) is 9.47 Å². The van der Waals surface area contributed by atoms with Crippen molar-refractivity contribution >= 4 is 0 Å². The van der Waals surface area contributed by atoms with E-state index < -0.39 is 0 Å². The highest BCUT2D eigenvalue weighted by molar-refractivity contribution is 4.71. The van der Waals surface area contributed by atoms with E-state index in [0.717, 1.165) is 19.4 Å². The van der Waals surface area contributed by atoms with Crippen LogP contribution in [0.2, 0.25) is 0 Å². The van der Waals surface area contributed by atoms with Crippen LogP contribution in [0.25, 0.3) is 0 Å². The Balaban J connectivity index is 2.21. The van der Waals surface area contributed by atoms with Gasteiger partial charge in [0.2, 0.25) is 0 Å². The molecule has 0 aromatic heterocycles. The minimum atomic E-state index is -0.320. The maximum absolute atomic E-state index is 9.39. The monoisotopic (exact) mass is 188 g/mol. The summed E-state index contributed by atoms with van der Waals surface area (Å²) in [4.78, 5) is 0. The van der Waals surface area contributed by atoms with Crippen LogP contribution in [0.3, 0.4) is 0 Å². The van der Waals surface area contributed by atoms with Crippen molar-refractivity contribution in [2.45, 2.75) is 52.1 Å². The molecule has 0 spiro atoms. The summed E-state index contributed by atoms with van der Waals surface area (Å²) in [5.74, 6) is 0.533. The Morgan fingerprint density at radius 1 is 1.46 bits per heavy atom. The van der Waals surface area contributed by atoms with Gasteiger partial charge in [0.1, 0.15) is 0 Å². The summed E-state index contributed by atoms with van der Waals surface area (Å²) in [5.41, 5.74) is 0. The van der Waals surface area contributed by atoms with Gasteiger partial charge in [0, 0.05) is 6.42 Å². The molecule has 3 atom stereocenters. The minimum absolute atomic E-state index is 0.0917. The van der Waals surface area contributed by atoms with E-state index in [9.17, 15) is 5.11 Å². The van der Waals surface area contributed by atoms with E-state index >= 15 is 0 Å². The fourth-order valence-electron chi connectivity index (χ4n) is 1.36. The average Bonchev–Trinajstić information content (AvgIpc) is 2.07. The van der Waals surface area contributed by atoms with Crippen LogP contribution in [0.15, 0.2) is 0 Å². The van der Waals surface area contributed by atoms with Crippen LogP contribution >= 0.6 is 0 Å². The van der Waals surface area contributed by atoms with E-state index in [2.05, 4.69) is 13.8 Å². The van der Waals surface area contributed by atoms with E-state index in [1.165, 1.54) is 0 Å². The third-order valence-corrected chi connectivity index (χ3v) is 2.22. The lowest BCUT2D eigenvalue weighted by atomic mass is 10.1. The van der Waals surface area contributed by atoms with Gasteiger partial charge in [0.05, 0.1) is 18.8 Å². The summed E-state index contributed by atoms with van der Waals surface area (Å²) in [6.45, 7) is 6.84. The first kappa shape index (κ1) is 11.0. The number of aliphatic hydroxyl groups excluding tert-OH is 1. The number of rotatable bonds is 3. The molecule has 1 N–H and O–H groups in total. The summed E-state index contributed by atoms with van der Waals surface area (Å²) in [6.07, 6.45) is 1.06. The second kappa shape index (κ2) is 4.94. The zero-order valence-corrected chi connectivity index (χ0v) is 8.69. The molecule has 1 heterocycles. The van der Waals surface area contributed by atoms with Crippen molar-refractivity contribution in [3.05, 3.63) is 0 Å². The average molecular weight is 188 g/mol. The smallest absolute Gasteiger partial charge is 0.158 e. The van der Waals surface area contributed by atoms with Crippen LogP contribution in [0.1, 0.15) is 33.6 Å². The first-order chi connectivity index (χ1) is 6.09. The quantitative estimate of drug-likeness (QED) is 0.730. The van der Waals surface area contributed by atoms with Crippen molar-refractivity contribution in [3.63, 3.8) is 0 Å². The lowest BCUT2D eigenvalue weighted by Gasteiger charge is -2.31. The van der Waals surface area contributed by atoms with E-state index in [-0.39, 0.29) is 18.5 Å². The minimum Gasteiger partial charge on any atom is -0.390 e. The van der Waals surface area contributed by atoms with Crippen molar-refractivity contribution in [3.8, 4) is 0 Å². The molecule has 0 saturated carbocycles. The van der Waals surface area contributed by atoms with Crippen LogP contribution < -0.4 is 0 Å². The Labute approximate surface area is 80.0 Å². The molecule has 0 aromatic rings. The normalized spacial score (nSPS) is 35.3. The number of ether oxygens (including phenoxy) is 2. The Morgan fingerprint density at radius 2 is 2.15 bits per heavy atom. The summed E-state index contributed by atoms with van der Waals surface area (Å²) in [5, 5.41) is 9.39. The molecule has 3 heteroatoms. The third kappa shape index (κ3) is 3.63. The van der Waals surface area contributed by atoms with Crippen molar-refractivity contribution in [1.82, 2.24) is 0 Å². The maximum Gasteiger partial charge on any atom is 0.158 e. The highest BCUT2D eigenvalue weighted by Gasteiger charge is 2.26. The van der Waals surface area contributed by atoms with Gasteiger partial charge in [-0.15, -0.1) is 0 Å². The second-order valence-electron chi connectivity index (χ2n) is 4.14. The van der Waals surface area contributed by atoms with Crippen LogP contribution in [0.5, 0.6) is 0 Å². The Kier molecular flexibility index (Phi) is 4.16. The summed E-state index contributed by atoms with van der Waals surface area (Å²) in [7, 11) is 0. The fraction of sp³-hybridized carbons (Fsp3) is 1.00. The fourth-order valence-corrected chi connectivity index (χ4v) is 1.36. The van der Waals surface area contributed by atoms with Gasteiger partial charge in [-0.1, -0.05) is 13.8 Å². The Bertz CT molecular complexity index is 147. The molecule has 1 saturated heterocycles. The summed E-state index contributed by atoms with van der Waals surface area (Å²) in [6, 6.07) is 0. The molecule has 1 rings (SSSR count). The van der Waals surface area contributed by atoms with Crippen molar-refractivity contribution < 1.29 is 14.6 Å². The maximum atomic E-state index is 9.39. The molecule has 0 amide bonds. The van der Waals surface area contributed by atoms with Gasteiger partial charge in [0.25, 0.3) is 0 Å². The van der Waals surface area contributed by atoms with Crippen molar-refractivity contribution in [1.29, 1.82) is 0 Å². The summed E-state index contributed by atoms with van der Waals surface area (Å²) < 4.78 is 11.0. The predicted octanol–water partition coefficient (Wildman–Crippen LogP) is 1.54. The highest BCUT2D eigenvalue weighted by Crippen LogP contribution is 2.20. The van der Waals surface area contributed by atoms with Gasteiger partial charge in [-0.2, -0.15) is 0 Å². The molecule has 13 heavy (non-hydrogen) atoms. The largest absolute Gasteiger partial charge is 0.390 e. The lowest BCUT2D eigenvalue weighted by Crippen LogP contribution is -2.38. The first-order valence-electron chi connectivity index (χ1n) is 5.04. The summed E-state index contributed by atoms with van der Waals surface area (Å²) >= 11 is 0. The van der Waals surface area contributed by atoms with Crippen molar-refractivity contribution in [2.75, 3.05) is 6.61 Å². The van der Waals surface area contributed by atoms with Gasteiger partial charge in [-0.25, -0.2) is 0 Å². The van der Waals surface area contributed by atoms with Gasteiger partial charge < -0.3 is 14.6 Å². The van der Waals surface area contributed by atoms with Crippen LogP contribution in [0, 0.1) is 5.92 Å². The van der Waals surface area contributed by atoms with Gasteiger partial charge in [0.15, 0.2) is 6.29 Å². The van der Waals surface area contributed by atoms with Gasteiger partial charge in [-0.05, 0) is 19.3 Å². The van der Waals surface area contributed by atoms with Crippen LogP contribution in [0.4, 0.5) is 0 Å². The van der Waals surface area contributed by atoms with E-state index in [1.54, 1.807) is 0 Å². The zero-order chi connectivity index (χ0) is 9.84. The number of aliphatic hydroxyl groups is 1. The predicted molar refractivity (Wildman–Crippen MR) is 50.4 cm³/mol. The molecular weight excluding hydrogens is 168 g/mol. The molecular formula is C10H20O3. The van der Waals surface area contributed by atoms with Crippen molar-refractivity contribution in [2.24, 2.45) is 5.92 Å². The standard InChI is InChI=1S/C10H20O3/c1-7(2)6-12-10-5-4-9(11)8(3)13-10/h7-11H,4-6H2,1-3H3/t8-,9-,10+/m1/s1. The topological polar surface area (TPSA) is 38.7 Å². The molecule has 1 fully saturated rings. The Morgan fingerprint density at radius 3 is 2.69 bits per heavy atom. The molecule has 78 valence electrons. The lowest BCUT2D eigenvalue weighted by molar-refractivity contribution is -0.220. The van der Waals surface area contributed by atoms with Crippen LogP contribution in [-0.4, -0.2) is 30.2 Å². The molecule has 1 aliphatic rings. The highest BCUT2D eigenvalue weighted by atomic mass is 16.7. The molecule has 0 bridgehead atoms. The molecule has 3 nitrogen and oxygen atoms in total. The van der Waals surface area contributed by atoms with Gasteiger partial charge >= 0.3 is 0 Å². The van der Waals surface area contributed by atoms with Gasteiger partial charge in [-0.3, -0.25) is 0 Å². The second-order valence-corrected chi connectivity index (χ2v) is 4.14. The Hall–Kier alpha value is -0.120. The molecule has 0 radical (unpaired) electrons. The third-order valence-electron chi connectivity index (χ3n) is 2.22. The molecule has 0 unspecified atom stereocenters. The number of hydrogen-bond acceptors (Lipinski definition) is 3. The zero-order valence-electron chi connectivity index (χ0n) is 8.69. The molecule has 0 aliphatic carbocycles. The van der Waals surface area contributed by atoms with E-state index in [1.807, 2.05) is 6.92 Å². The molecule has 0 aromatic carbocycles. The molecule has 1 aliphatic heterocycles. The first-order valence-corrected chi connectivity index (χ1v) is 5.04. The van der Waals surface area contributed by atoms with E-state index in [4.69, 9.17) is 9.47 Å². The van der Waals surface area contributed by atoms with E-state index in [0.29, 0.717) is 5.92 Å². The number of hydrogen-bond donors (Lipinski definition) is 1.